The number of rotatable bonds is 6. The molecule has 6 heteroatoms. The molecular formula is C15H19BrN2O2S. The summed E-state index contributed by atoms with van der Waals surface area (Å²) in [5.74, 6) is 1.45. The number of hydrogen-bond donors (Lipinski definition) is 1. The van der Waals surface area contributed by atoms with Crippen LogP contribution in [0, 0.1) is 6.92 Å². The van der Waals surface area contributed by atoms with E-state index in [9.17, 15) is 0 Å². The molecule has 1 aromatic carbocycles. The van der Waals surface area contributed by atoms with E-state index in [2.05, 4.69) is 38.5 Å². The van der Waals surface area contributed by atoms with Crippen molar-refractivity contribution in [1.29, 1.82) is 0 Å². The Kier molecular flexibility index (Phi) is 5.61. The summed E-state index contributed by atoms with van der Waals surface area (Å²) >= 11 is 5.25. The van der Waals surface area contributed by atoms with Crippen LogP contribution in [0.2, 0.25) is 0 Å². The first-order valence-electron chi connectivity index (χ1n) is 6.61. The average molecular weight is 371 g/mol. The van der Waals surface area contributed by atoms with Crippen LogP contribution in [-0.4, -0.2) is 19.2 Å². The molecule has 0 aliphatic rings. The Morgan fingerprint density at radius 3 is 2.52 bits per heavy atom. The highest BCUT2D eigenvalue weighted by Crippen LogP contribution is 2.33. The molecule has 1 heterocycles. The van der Waals surface area contributed by atoms with E-state index in [0.717, 1.165) is 38.8 Å². The van der Waals surface area contributed by atoms with Gasteiger partial charge in [-0.3, -0.25) is 0 Å². The molecule has 2 aromatic rings. The van der Waals surface area contributed by atoms with Crippen LogP contribution < -0.4 is 14.8 Å². The lowest BCUT2D eigenvalue weighted by molar-refractivity contribution is 0.354. The van der Waals surface area contributed by atoms with Crippen LogP contribution in [0.3, 0.4) is 0 Å². The molecule has 0 saturated heterocycles. The van der Waals surface area contributed by atoms with Gasteiger partial charge in [0.1, 0.15) is 5.01 Å². The van der Waals surface area contributed by atoms with Gasteiger partial charge < -0.3 is 14.8 Å². The number of hydrogen-bond acceptors (Lipinski definition) is 5. The second-order valence-corrected chi connectivity index (χ2v) is 6.47. The van der Waals surface area contributed by atoms with Gasteiger partial charge in [-0.2, -0.15) is 0 Å². The molecule has 2 rings (SSSR count). The molecule has 1 aromatic heterocycles. The number of thiazole rings is 1. The monoisotopic (exact) mass is 370 g/mol. The van der Waals surface area contributed by atoms with Crippen LogP contribution in [-0.2, 0) is 6.54 Å². The van der Waals surface area contributed by atoms with Crippen molar-refractivity contribution in [2.45, 2.75) is 26.4 Å². The van der Waals surface area contributed by atoms with Gasteiger partial charge in [0.15, 0.2) is 11.5 Å². The summed E-state index contributed by atoms with van der Waals surface area (Å²) in [5, 5.41) is 6.65. The lowest BCUT2D eigenvalue weighted by Crippen LogP contribution is -2.18. The molecule has 1 N–H and O–H groups in total. The molecule has 0 aliphatic carbocycles. The molecule has 0 bridgehead atoms. The van der Waals surface area contributed by atoms with Crippen LogP contribution in [0.5, 0.6) is 11.5 Å². The predicted molar refractivity (Wildman–Crippen MR) is 89.4 cm³/mol. The molecule has 4 nitrogen and oxygen atoms in total. The molecule has 0 aliphatic heterocycles. The Morgan fingerprint density at radius 2 is 1.95 bits per heavy atom. The van der Waals surface area contributed by atoms with E-state index < -0.39 is 0 Å². The third-order valence-electron chi connectivity index (χ3n) is 3.16. The van der Waals surface area contributed by atoms with Gasteiger partial charge in [0.05, 0.1) is 20.3 Å². The van der Waals surface area contributed by atoms with Crippen molar-refractivity contribution in [3.05, 3.63) is 38.3 Å². The fraction of sp³-hybridized carbons (Fsp3) is 0.400. The zero-order valence-electron chi connectivity index (χ0n) is 12.6. The molecule has 1 atom stereocenters. The number of nitrogens with one attached hydrogen (secondary N) is 1. The zero-order valence-corrected chi connectivity index (χ0v) is 15.0. The first-order valence-corrected chi connectivity index (χ1v) is 8.28. The standard InChI is InChI=1S/C15H19BrN2O2S/c1-9-8-21-15(18-9)10(2)17-7-11-5-13(19-3)14(20-4)6-12(11)16/h5-6,8,10,17H,7H2,1-4H3. The van der Waals surface area contributed by atoms with E-state index in [1.165, 1.54) is 0 Å². The third kappa shape index (κ3) is 3.96. The normalized spacial score (nSPS) is 12.2. The van der Waals surface area contributed by atoms with Crippen LogP contribution in [0.4, 0.5) is 0 Å². The van der Waals surface area contributed by atoms with Crippen molar-refractivity contribution in [2.24, 2.45) is 0 Å². The number of methoxy groups -OCH3 is 2. The lowest BCUT2D eigenvalue weighted by Gasteiger charge is -2.15. The van der Waals surface area contributed by atoms with Gasteiger partial charge in [-0.05, 0) is 31.5 Å². The Hall–Kier alpha value is -1.11. The summed E-state index contributed by atoms with van der Waals surface area (Å²) < 4.78 is 11.6. The molecular weight excluding hydrogens is 352 g/mol. The minimum absolute atomic E-state index is 0.212. The summed E-state index contributed by atoms with van der Waals surface area (Å²) in [6.45, 7) is 4.85. The smallest absolute Gasteiger partial charge is 0.161 e. The number of aromatic nitrogens is 1. The maximum Gasteiger partial charge on any atom is 0.161 e. The number of ether oxygens (including phenoxy) is 2. The molecule has 0 radical (unpaired) electrons. The summed E-state index contributed by atoms with van der Waals surface area (Å²) in [7, 11) is 3.28. The second kappa shape index (κ2) is 7.24. The van der Waals surface area contributed by atoms with Gasteiger partial charge in [0.25, 0.3) is 0 Å². The maximum absolute atomic E-state index is 5.34. The molecule has 0 fully saturated rings. The fourth-order valence-electron chi connectivity index (χ4n) is 1.95. The van der Waals surface area contributed by atoms with Crippen molar-refractivity contribution < 1.29 is 9.47 Å². The summed E-state index contributed by atoms with van der Waals surface area (Å²) in [4.78, 5) is 4.51. The number of nitrogens with zero attached hydrogens (tertiary/aromatic N) is 1. The van der Waals surface area contributed by atoms with E-state index in [0.29, 0.717) is 0 Å². The third-order valence-corrected chi connectivity index (χ3v) is 5.04. The predicted octanol–water partition coefficient (Wildman–Crippen LogP) is 4.08. The first-order chi connectivity index (χ1) is 10.0. The van der Waals surface area contributed by atoms with Gasteiger partial charge in [-0.15, -0.1) is 11.3 Å². The Morgan fingerprint density at radius 1 is 1.29 bits per heavy atom. The fourth-order valence-corrected chi connectivity index (χ4v) is 3.24. The summed E-state index contributed by atoms with van der Waals surface area (Å²) in [6, 6.07) is 4.12. The van der Waals surface area contributed by atoms with Crippen molar-refractivity contribution in [2.75, 3.05) is 14.2 Å². The average Bonchev–Trinajstić information content (AvgIpc) is 2.91. The van der Waals surface area contributed by atoms with E-state index in [4.69, 9.17) is 9.47 Å². The zero-order chi connectivity index (χ0) is 15.4. The highest BCUT2D eigenvalue weighted by Gasteiger charge is 2.12. The van der Waals surface area contributed by atoms with Crippen LogP contribution in [0.1, 0.15) is 29.2 Å². The van der Waals surface area contributed by atoms with E-state index in [1.807, 2.05) is 19.1 Å². The van der Waals surface area contributed by atoms with Gasteiger partial charge in [-0.25, -0.2) is 4.98 Å². The molecule has 0 amide bonds. The van der Waals surface area contributed by atoms with Crippen LogP contribution >= 0.6 is 27.3 Å². The minimum Gasteiger partial charge on any atom is -0.493 e. The minimum atomic E-state index is 0.212. The summed E-state index contributed by atoms with van der Waals surface area (Å²) in [5.41, 5.74) is 2.18. The highest BCUT2D eigenvalue weighted by molar-refractivity contribution is 9.10. The molecule has 0 saturated carbocycles. The second-order valence-electron chi connectivity index (χ2n) is 4.73. The van der Waals surface area contributed by atoms with Crippen LogP contribution in [0.15, 0.2) is 22.0 Å². The molecule has 21 heavy (non-hydrogen) atoms. The molecule has 1 unspecified atom stereocenters. The van der Waals surface area contributed by atoms with E-state index >= 15 is 0 Å². The van der Waals surface area contributed by atoms with E-state index in [1.54, 1.807) is 25.6 Å². The van der Waals surface area contributed by atoms with Crippen LogP contribution in [0.25, 0.3) is 0 Å². The molecule has 0 spiro atoms. The van der Waals surface area contributed by atoms with Crippen molar-refractivity contribution in [3.8, 4) is 11.5 Å². The van der Waals surface area contributed by atoms with Crippen molar-refractivity contribution in [3.63, 3.8) is 0 Å². The number of halogens is 1. The van der Waals surface area contributed by atoms with Gasteiger partial charge in [0, 0.05) is 22.1 Å². The molecule has 114 valence electrons. The lowest BCUT2D eigenvalue weighted by atomic mass is 10.2. The SMILES string of the molecule is COc1cc(Br)c(CNC(C)c2nc(C)cs2)cc1OC. The number of benzene rings is 1. The Bertz CT molecular complexity index is 616. The van der Waals surface area contributed by atoms with Crippen molar-refractivity contribution >= 4 is 27.3 Å². The Labute approximate surface area is 137 Å². The topological polar surface area (TPSA) is 43.4 Å². The van der Waals surface area contributed by atoms with Crippen molar-refractivity contribution in [1.82, 2.24) is 10.3 Å². The Balaban J connectivity index is 2.09. The van der Waals surface area contributed by atoms with E-state index in [-0.39, 0.29) is 6.04 Å². The summed E-state index contributed by atoms with van der Waals surface area (Å²) in [6.07, 6.45) is 0. The van der Waals surface area contributed by atoms with Gasteiger partial charge in [0.2, 0.25) is 0 Å². The maximum atomic E-state index is 5.34. The van der Waals surface area contributed by atoms with Gasteiger partial charge >= 0.3 is 0 Å². The quantitative estimate of drug-likeness (QED) is 0.831. The highest BCUT2D eigenvalue weighted by atomic mass is 79.9. The van der Waals surface area contributed by atoms with Gasteiger partial charge in [-0.1, -0.05) is 15.9 Å². The first kappa shape index (κ1) is 16.3. The largest absolute Gasteiger partial charge is 0.493 e. The number of aryl methyl sites for hydroxylation is 1.